The van der Waals surface area contributed by atoms with Gasteiger partial charge >= 0.3 is 5.97 Å². The second kappa shape index (κ2) is 11.1. The molecule has 2 rings (SSSR count). The summed E-state index contributed by atoms with van der Waals surface area (Å²) in [6.45, 7) is 6.09. The smallest absolute Gasteiger partial charge is 0.329 e. The highest BCUT2D eigenvalue weighted by Gasteiger charge is 2.37. The highest BCUT2D eigenvalue weighted by atomic mass is 16.5. The summed E-state index contributed by atoms with van der Waals surface area (Å²) in [5, 5.41) is 2.37. The van der Waals surface area contributed by atoms with Gasteiger partial charge in [-0.3, -0.25) is 14.4 Å². The minimum absolute atomic E-state index is 0.0170. The summed E-state index contributed by atoms with van der Waals surface area (Å²) in [7, 11) is 1.66. The van der Waals surface area contributed by atoms with Crippen molar-refractivity contribution in [3.63, 3.8) is 0 Å². The lowest BCUT2D eigenvalue weighted by atomic mass is 9.99. The molecule has 8 heteroatoms. The Morgan fingerprint density at radius 1 is 1.17 bits per heavy atom. The van der Waals surface area contributed by atoms with Crippen LogP contribution in [-0.4, -0.2) is 72.3 Å². The molecule has 0 spiro atoms. The Morgan fingerprint density at radius 2 is 1.83 bits per heavy atom. The zero-order valence-corrected chi connectivity index (χ0v) is 18.6. The van der Waals surface area contributed by atoms with Crippen molar-refractivity contribution in [3.05, 3.63) is 11.6 Å². The summed E-state index contributed by atoms with van der Waals surface area (Å²) in [5.41, 5.74) is 0.497. The molecule has 1 aliphatic carbocycles. The third-order valence-corrected chi connectivity index (χ3v) is 5.99. The van der Waals surface area contributed by atoms with Crippen molar-refractivity contribution >= 4 is 24.2 Å². The molecule has 168 valence electrons. The van der Waals surface area contributed by atoms with Gasteiger partial charge in [0.2, 0.25) is 18.2 Å². The number of amides is 3. The Bertz CT molecular complexity index is 670. The normalized spacial score (nSPS) is 20.9. The number of carbonyl (C=O) groups excluding carboxylic acids is 4. The first kappa shape index (κ1) is 23.9. The Hall–Kier alpha value is -2.38. The third-order valence-electron chi connectivity index (χ3n) is 5.99. The largest absolute Gasteiger partial charge is 0.461 e. The molecule has 0 aromatic carbocycles. The van der Waals surface area contributed by atoms with Crippen LogP contribution in [0.15, 0.2) is 11.6 Å². The SMILES string of the molecule is C/C(=C\[C@H](C(C)C)N(C)C(=O)CNC=O)C(=O)N1CCC[C@H]1C(=O)OC1CCCC1. The van der Waals surface area contributed by atoms with Crippen molar-refractivity contribution < 1.29 is 23.9 Å². The standard InChI is InChI=1S/C22H35N3O5/c1-15(2)19(24(4)20(27)13-23-14-26)12-16(3)21(28)25-11-7-10-18(25)22(29)30-17-8-5-6-9-17/h12,14-15,17-19H,5-11,13H2,1-4H3,(H,23,26)/b16-12+/t18-,19+/m0/s1. The quantitative estimate of drug-likeness (QED) is 0.347. The van der Waals surface area contributed by atoms with Crippen molar-refractivity contribution in [2.45, 2.75) is 77.5 Å². The Balaban J connectivity index is 2.08. The Morgan fingerprint density at radius 3 is 2.43 bits per heavy atom. The van der Waals surface area contributed by atoms with E-state index < -0.39 is 6.04 Å². The number of hydrogen-bond donors (Lipinski definition) is 1. The molecular formula is C22H35N3O5. The molecule has 8 nitrogen and oxygen atoms in total. The highest BCUT2D eigenvalue weighted by Crippen LogP contribution is 2.26. The van der Waals surface area contributed by atoms with Gasteiger partial charge in [0.1, 0.15) is 12.1 Å². The number of carbonyl (C=O) groups is 4. The average molecular weight is 422 g/mol. The third kappa shape index (κ3) is 6.06. The molecular weight excluding hydrogens is 386 g/mol. The zero-order valence-electron chi connectivity index (χ0n) is 18.6. The Labute approximate surface area is 179 Å². The van der Waals surface area contributed by atoms with Crippen LogP contribution in [0.5, 0.6) is 0 Å². The predicted molar refractivity (Wildman–Crippen MR) is 112 cm³/mol. The predicted octanol–water partition coefficient (Wildman–Crippen LogP) is 1.64. The van der Waals surface area contributed by atoms with Gasteiger partial charge in [-0.25, -0.2) is 4.79 Å². The van der Waals surface area contributed by atoms with E-state index in [4.69, 9.17) is 4.74 Å². The first-order valence-electron chi connectivity index (χ1n) is 10.9. The van der Waals surface area contributed by atoms with E-state index >= 15 is 0 Å². The maximum absolute atomic E-state index is 13.1. The molecule has 3 amide bonds. The van der Waals surface area contributed by atoms with Crippen molar-refractivity contribution in [2.75, 3.05) is 20.1 Å². The molecule has 2 fully saturated rings. The van der Waals surface area contributed by atoms with Gasteiger partial charge in [-0.15, -0.1) is 0 Å². The first-order valence-corrected chi connectivity index (χ1v) is 10.9. The number of esters is 1. The second-order valence-corrected chi connectivity index (χ2v) is 8.59. The number of hydrogen-bond acceptors (Lipinski definition) is 5. The van der Waals surface area contributed by atoms with Gasteiger partial charge in [0.15, 0.2) is 0 Å². The fourth-order valence-corrected chi connectivity index (χ4v) is 4.23. The monoisotopic (exact) mass is 421 g/mol. The minimum atomic E-state index is -0.532. The zero-order chi connectivity index (χ0) is 22.3. The molecule has 0 radical (unpaired) electrons. The topological polar surface area (TPSA) is 96.0 Å². The molecule has 0 bridgehead atoms. The summed E-state index contributed by atoms with van der Waals surface area (Å²) >= 11 is 0. The maximum atomic E-state index is 13.1. The van der Waals surface area contributed by atoms with Crippen LogP contribution < -0.4 is 5.32 Å². The number of likely N-dealkylation sites (N-methyl/N-ethyl adjacent to an activating group) is 1. The number of rotatable bonds is 9. The fourth-order valence-electron chi connectivity index (χ4n) is 4.23. The van der Waals surface area contributed by atoms with Gasteiger partial charge < -0.3 is 19.9 Å². The molecule has 1 saturated carbocycles. The fraction of sp³-hybridized carbons (Fsp3) is 0.727. The number of likely N-dealkylation sites (tertiary alicyclic amines) is 1. The summed E-state index contributed by atoms with van der Waals surface area (Å²) in [6.07, 6.45) is 7.61. The van der Waals surface area contributed by atoms with Crippen molar-refractivity contribution in [1.82, 2.24) is 15.1 Å². The van der Waals surface area contributed by atoms with Crippen LogP contribution in [-0.2, 0) is 23.9 Å². The van der Waals surface area contributed by atoms with Gasteiger partial charge in [0.05, 0.1) is 12.6 Å². The van der Waals surface area contributed by atoms with E-state index in [1.165, 1.54) is 4.90 Å². The molecule has 1 heterocycles. The van der Waals surface area contributed by atoms with Crippen LogP contribution >= 0.6 is 0 Å². The van der Waals surface area contributed by atoms with Gasteiger partial charge in [0.25, 0.3) is 0 Å². The lowest BCUT2D eigenvalue weighted by Crippen LogP contribution is -2.45. The van der Waals surface area contributed by atoms with Crippen LogP contribution in [0, 0.1) is 5.92 Å². The van der Waals surface area contributed by atoms with Crippen LogP contribution in [0.25, 0.3) is 0 Å². The molecule has 1 N–H and O–H groups in total. The molecule has 0 aromatic rings. The summed E-state index contributed by atoms with van der Waals surface area (Å²) in [6, 6.07) is -0.837. The highest BCUT2D eigenvalue weighted by molar-refractivity contribution is 5.96. The lowest BCUT2D eigenvalue weighted by Gasteiger charge is -2.30. The van der Waals surface area contributed by atoms with E-state index in [2.05, 4.69) is 5.32 Å². The minimum Gasteiger partial charge on any atom is -0.461 e. The summed E-state index contributed by atoms with van der Waals surface area (Å²) in [4.78, 5) is 51.6. The van der Waals surface area contributed by atoms with Gasteiger partial charge in [0, 0.05) is 19.2 Å². The van der Waals surface area contributed by atoms with Crippen LogP contribution in [0.1, 0.15) is 59.3 Å². The van der Waals surface area contributed by atoms with E-state index in [1.807, 2.05) is 13.8 Å². The van der Waals surface area contributed by atoms with E-state index in [0.717, 1.165) is 32.1 Å². The second-order valence-electron chi connectivity index (χ2n) is 8.59. The molecule has 2 atom stereocenters. The van der Waals surface area contributed by atoms with E-state index in [-0.39, 0.29) is 42.4 Å². The summed E-state index contributed by atoms with van der Waals surface area (Å²) < 4.78 is 5.64. The first-order chi connectivity index (χ1) is 14.3. The number of nitrogens with one attached hydrogen (secondary N) is 1. The molecule has 30 heavy (non-hydrogen) atoms. The molecule has 1 aliphatic heterocycles. The van der Waals surface area contributed by atoms with Crippen LogP contribution in [0.4, 0.5) is 0 Å². The van der Waals surface area contributed by atoms with Crippen LogP contribution in [0.3, 0.4) is 0 Å². The number of nitrogens with zero attached hydrogens (tertiary/aromatic N) is 2. The van der Waals surface area contributed by atoms with E-state index in [0.29, 0.717) is 24.9 Å². The van der Waals surface area contributed by atoms with Gasteiger partial charge in [-0.2, -0.15) is 0 Å². The molecule has 2 aliphatic rings. The molecule has 0 unspecified atom stereocenters. The molecule has 0 aromatic heterocycles. The van der Waals surface area contributed by atoms with E-state index in [1.54, 1.807) is 24.9 Å². The van der Waals surface area contributed by atoms with Crippen molar-refractivity contribution in [1.29, 1.82) is 0 Å². The van der Waals surface area contributed by atoms with Crippen molar-refractivity contribution in [3.8, 4) is 0 Å². The van der Waals surface area contributed by atoms with E-state index in [9.17, 15) is 19.2 Å². The maximum Gasteiger partial charge on any atom is 0.329 e. The lowest BCUT2D eigenvalue weighted by molar-refractivity contribution is -0.157. The number of ether oxygens (including phenoxy) is 1. The van der Waals surface area contributed by atoms with Crippen LogP contribution in [0.2, 0.25) is 0 Å². The van der Waals surface area contributed by atoms with Gasteiger partial charge in [-0.1, -0.05) is 19.9 Å². The van der Waals surface area contributed by atoms with Crippen molar-refractivity contribution in [2.24, 2.45) is 5.92 Å². The summed E-state index contributed by atoms with van der Waals surface area (Å²) in [5.74, 6) is -0.664. The van der Waals surface area contributed by atoms with Gasteiger partial charge in [-0.05, 0) is 51.4 Å². The molecule has 1 saturated heterocycles. The average Bonchev–Trinajstić information content (AvgIpc) is 3.40. The Kier molecular flexibility index (Phi) is 8.87.